The highest BCUT2D eigenvalue weighted by Gasteiger charge is 2.15. The summed E-state index contributed by atoms with van der Waals surface area (Å²) in [5, 5.41) is 14.6. The summed E-state index contributed by atoms with van der Waals surface area (Å²) in [7, 11) is 0. The molecule has 0 aliphatic carbocycles. The molecule has 1 amide bonds. The zero-order chi connectivity index (χ0) is 21.2. The van der Waals surface area contributed by atoms with Crippen LogP contribution in [0.4, 0.5) is 0 Å². The number of carbonyl (C=O) groups is 1. The van der Waals surface area contributed by atoms with E-state index in [1.165, 1.54) is 0 Å². The summed E-state index contributed by atoms with van der Waals surface area (Å²) in [5.74, 6) is 0.886. The molecule has 0 saturated carbocycles. The summed E-state index contributed by atoms with van der Waals surface area (Å²) < 4.78 is 2.06. The van der Waals surface area contributed by atoms with E-state index in [1.54, 1.807) is 23.5 Å². The van der Waals surface area contributed by atoms with Gasteiger partial charge in [-0.05, 0) is 60.0 Å². The first-order chi connectivity index (χ1) is 15.2. The Labute approximate surface area is 183 Å². The number of nitrogens with one attached hydrogen (secondary N) is 1. The first-order valence-electron chi connectivity index (χ1n) is 9.87. The van der Waals surface area contributed by atoms with E-state index in [4.69, 9.17) is 4.98 Å². The van der Waals surface area contributed by atoms with Gasteiger partial charge in [0.1, 0.15) is 11.6 Å². The lowest BCUT2D eigenvalue weighted by atomic mass is 10.1. The van der Waals surface area contributed by atoms with Crippen LogP contribution in [-0.2, 0) is 6.54 Å². The average Bonchev–Trinajstić information content (AvgIpc) is 3.46. The van der Waals surface area contributed by atoms with E-state index in [1.807, 2.05) is 78.2 Å². The standard InChI is InChI=1S/C25H19N3O2S/c29-20-13-11-19(12-14-20)28-23-6-2-1-5-22(23)27-24(28)17-7-9-18(10-8-17)25(30)26-16-21-4-3-15-31-21/h1-15,29H,16H2,(H,26,30). The van der Waals surface area contributed by atoms with Gasteiger partial charge < -0.3 is 10.4 Å². The van der Waals surface area contributed by atoms with Crippen molar-refractivity contribution in [2.45, 2.75) is 6.54 Å². The molecule has 152 valence electrons. The van der Waals surface area contributed by atoms with Crippen molar-refractivity contribution in [3.63, 3.8) is 0 Å². The van der Waals surface area contributed by atoms with Gasteiger partial charge in [0.05, 0.1) is 17.6 Å². The van der Waals surface area contributed by atoms with Crippen LogP contribution in [0, 0.1) is 0 Å². The summed E-state index contributed by atoms with van der Waals surface area (Å²) in [4.78, 5) is 18.4. The highest BCUT2D eigenvalue weighted by Crippen LogP contribution is 2.29. The second-order valence-corrected chi connectivity index (χ2v) is 8.15. The Hall–Kier alpha value is -3.90. The normalized spacial score (nSPS) is 11.0. The monoisotopic (exact) mass is 425 g/mol. The second-order valence-electron chi connectivity index (χ2n) is 7.12. The van der Waals surface area contributed by atoms with Crippen LogP contribution in [-0.4, -0.2) is 20.6 Å². The number of hydrogen-bond donors (Lipinski definition) is 2. The number of para-hydroxylation sites is 2. The lowest BCUT2D eigenvalue weighted by molar-refractivity contribution is 0.0951. The highest BCUT2D eigenvalue weighted by molar-refractivity contribution is 7.09. The van der Waals surface area contributed by atoms with Crippen LogP contribution in [0.15, 0.2) is 90.3 Å². The first kappa shape index (κ1) is 19.1. The summed E-state index contributed by atoms with van der Waals surface area (Å²) in [6.45, 7) is 0.523. The van der Waals surface area contributed by atoms with Crippen LogP contribution in [0.5, 0.6) is 5.75 Å². The molecule has 2 heterocycles. The zero-order valence-corrected chi connectivity index (χ0v) is 17.3. The molecule has 2 N–H and O–H groups in total. The van der Waals surface area contributed by atoms with Gasteiger partial charge in [0, 0.05) is 21.7 Å². The van der Waals surface area contributed by atoms with Gasteiger partial charge >= 0.3 is 0 Å². The topological polar surface area (TPSA) is 67.2 Å². The number of nitrogens with zero attached hydrogens (tertiary/aromatic N) is 2. The number of carbonyl (C=O) groups excluding carboxylic acids is 1. The van der Waals surface area contributed by atoms with Crippen molar-refractivity contribution in [3.8, 4) is 22.8 Å². The molecule has 0 saturated heterocycles. The van der Waals surface area contributed by atoms with E-state index < -0.39 is 0 Å². The number of aromatic hydroxyl groups is 1. The first-order valence-corrected chi connectivity index (χ1v) is 10.7. The largest absolute Gasteiger partial charge is 0.508 e. The van der Waals surface area contributed by atoms with E-state index in [0.717, 1.165) is 33.0 Å². The molecule has 0 aliphatic rings. The van der Waals surface area contributed by atoms with E-state index >= 15 is 0 Å². The summed E-state index contributed by atoms with van der Waals surface area (Å²) >= 11 is 1.62. The molecule has 0 unspecified atom stereocenters. The molecule has 5 nitrogen and oxygen atoms in total. The Balaban J connectivity index is 1.48. The molecule has 2 aromatic heterocycles. The van der Waals surface area contributed by atoms with Gasteiger partial charge in [-0.1, -0.05) is 30.3 Å². The molecule has 6 heteroatoms. The molecule has 31 heavy (non-hydrogen) atoms. The Kier molecular flexibility index (Phi) is 4.98. The van der Waals surface area contributed by atoms with Gasteiger partial charge in [-0.2, -0.15) is 0 Å². The van der Waals surface area contributed by atoms with E-state index in [2.05, 4.69) is 9.88 Å². The number of imidazole rings is 1. The molecule has 0 radical (unpaired) electrons. The minimum absolute atomic E-state index is 0.105. The molecule has 0 atom stereocenters. The zero-order valence-electron chi connectivity index (χ0n) is 16.5. The Morgan fingerprint density at radius 3 is 2.45 bits per heavy atom. The predicted octanol–water partition coefficient (Wildman–Crippen LogP) is 5.39. The minimum atomic E-state index is -0.105. The van der Waals surface area contributed by atoms with Crippen LogP contribution < -0.4 is 5.32 Å². The second kappa shape index (κ2) is 8.08. The SMILES string of the molecule is O=C(NCc1cccs1)c1ccc(-c2nc3ccccc3n2-c2ccc(O)cc2)cc1. The Morgan fingerprint density at radius 2 is 1.71 bits per heavy atom. The molecule has 0 bridgehead atoms. The average molecular weight is 426 g/mol. The molecular formula is C25H19N3O2S. The Morgan fingerprint density at radius 1 is 0.935 bits per heavy atom. The number of thiophene rings is 1. The van der Waals surface area contributed by atoms with E-state index in [0.29, 0.717) is 12.1 Å². The van der Waals surface area contributed by atoms with Crippen molar-refractivity contribution >= 4 is 28.3 Å². The van der Waals surface area contributed by atoms with Crippen molar-refractivity contribution in [3.05, 3.63) is 101 Å². The number of hydrogen-bond acceptors (Lipinski definition) is 4. The maximum absolute atomic E-state index is 12.5. The van der Waals surface area contributed by atoms with E-state index in [-0.39, 0.29) is 11.7 Å². The summed E-state index contributed by atoms with van der Waals surface area (Å²) in [5.41, 5.74) is 4.26. The molecule has 0 spiro atoms. The fourth-order valence-electron chi connectivity index (χ4n) is 3.54. The quantitative estimate of drug-likeness (QED) is 0.397. The van der Waals surface area contributed by atoms with Gasteiger partial charge in [-0.25, -0.2) is 4.98 Å². The molecule has 5 aromatic rings. The maximum Gasteiger partial charge on any atom is 0.251 e. The van der Waals surface area contributed by atoms with Crippen LogP contribution in [0.3, 0.4) is 0 Å². The number of phenols is 1. The van der Waals surface area contributed by atoms with Crippen molar-refractivity contribution in [1.82, 2.24) is 14.9 Å². The third-order valence-electron chi connectivity index (χ3n) is 5.08. The molecule has 0 aliphatic heterocycles. The fourth-order valence-corrected chi connectivity index (χ4v) is 4.18. The maximum atomic E-state index is 12.5. The van der Waals surface area contributed by atoms with E-state index in [9.17, 15) is 9.90 Å². The third kappa shape index (κ3) is 3.81. The minimum Gasteiger partial charge on any atom is -0.508 e. The van der Waals surface area contributed by atoms with Crippen molar-refractivity contribution in [2.24, 2.45) is 0 Å². The van der Waals surface area contributed by atoms with Crippen LogP contribution in [0.25, 0.3) is 28.1 Å². The van der Waals surface area contributed by atoms with Crippen LogP contribution >= 0.6 is 11.3 Å². The van der Waals surface area contributed by atoms with Crippen molar-refractivity contribution in [2.75, 3.05) is 0 Å². The molecule has 5 rings (SSSR count). The van der Waals surface area contributed by atoms with Crippen molar-refractivity contribution in [1.29, 1.82) is 0 Å². The third-order valence-corrected chi connectivity index (χ3v) is 5.95. The van der Waals surface area contributed by atoms with Crippen LogP contribution in [0.1, 0.15) is 15.2 Å². The smallest absolute Gasteiger partial charge is 0.251 e. The number of amides is 1. The molecule has 0 fully saturated rings. The predicted molar refractivity (Wildman–Crippen MR) is 124 cm³/mol. The number of aromatic nitrogens is 2. The van der Waals surface area contributed by atoms with Gasteiger partial charge in [-0.15, -0.1) is 11.3 Å². The lowest BCUT2D eigenvalue weighted by Gasteiger charge is -2.10. The number of fused-ring (bicyclic) bond motifs is 1. The lowest BCUT2D eigenvalue weighted by Crippen LogP contribution is -2.22. The number of rotatable bonds is 5. The number of phenolic OH excluding ortho intramolecular Hbond substituents is 1. The number of benzene rings is 3. The molecule has 3 aromatic carbocycles. The Bertz CT molecular complexity index is 1340. The summed E-state index contributed by atoms with van der Waals surface area (Å²) in [6.07, 6.45) is 0. The fraction of sp³-hybridized carbons (Fsp3) is 0.0400. The van der Waals surface area contributed by atoms with Crippen molar-refractivity contribution < 1.29 is 9.90 Å². The summed E-state index contributed by atoms with van der Waals surface area (Å²) in [6, 6.07) is 26.4. The van der Waals surface area contributed by atoms with Crippen LogP contribution in [0.2, 0.25) is 0 Å². The van der Waals surface area contributed by atoms with Gasteiger partial charge in [0.2, 0.25) is 0 Å². The van der Waals surface area contributed by atoms with Gasteiger partial charge in [0.25, 0.3) is 5.91 Å². The molecular weight excluding hydrogens is 406 g/mol. The van der Waals surface area contributed by atoms with Gasteiger partial charge in [0.15, 0.2) is 0 Å². The highest BCUT2D eigenvalue weighted by atomic mass is 32.1. The van der Waals surface area contributed by atoms with Gasteiger partial charge in [-0.3, -0.25) is 9.36 Å².